The quantitative estimate of drug-likeness (QED) is 0.869. The summed E-state index contributed by atoms with van der Waals surface area (Å²) in [5.41, 5.74) is 1.99. The molecule has 5 heteroatoms. The topological polar surface area (TPSA) is 67.4 Å². The van der Waals surface area contributed by atoms with E-state index in [4.69, 9.17) is 4.74 Å². The van der Waals surface area contributed by atoms with Crippen LogP contribution in [0.5, 0.6) is 0 Å². The second kappa shape index (κ2) is 7.46. The summed E-state index contributed by atoms with van der Waals surface area (Å²) in [7, 11) is 0. The number of hydrogen-bond donors (Lipinski definition) is 2. The highest BCUT2D eigenvalue weighted by Crippen LogP contribution is 2.29. The maximum absolute atomic E-state index is 12.7. The molecule has 0 saturated heterocycles. The van der Waals surface area contributed by atoms with Gasteiger partial charge in [0.05, 0.1) is 5.54 Å². The third kappa shape index (κ3) is 5.48. The number of nitrogens with one attached hydrogen (secondary N) is 2. The van der Waals surface area contributed by atoms with Gasteiger partial charge in [-0.2, -0.15) is 0 Å². The van der Waals surface area contributed by atoms with Gasteiger partial charge >= 0.3 is 6.09 Å². The fraction of sp³-hybridized carbons (Fsp3) is 0.600. The lowest BCUT2D eigenvalue weighted by atomic mass is 9.96. The van der Waals surface area contributed by atoms with Gasteiger partial charge < -0.3 is 15.4 Å². The average Bonchev–Trinajstić information content (AvgIpc) is 2.95. The van der Waals surface area contributed by atoms with Crippen LogP contribution in [0.1, 0.15) is 67.9 Å². The van der Waals surface area contributed by atoms with Crippen molar-refractivity contribution in [3.63, 3.8) is 0 Å². The van der Waals surface area contributed by atoms with Crippen molar-refractivity contribution in [1.82, 2.24) is 10.6 Å². The molecule has 0 spiro atoms. The summed E-state index contributed by atoms with van der Waals surface area (Å²) < 4.78 is 5.30. The first-order chi connectivity index (χ1) is 11.6. The Morgan fingerprint density at radius 1 is 1.12 bits per heavy atom. The number of benzene rings is 1. The van der Waals surface area contributed by atoms with Gasteiger partial charge in [-0.25, -0.2) is 4.79 Å². The van der Waals surface area contributed by atoms with Gasteiger partial charge in [-0.15, -0.1) is 0 Å². The molecular weight excluding hydrogens is 316 g/mol. The van der Waals surface area contributed by atoms with E-state index < -0.39 is 17.2 Å². The van der Waals surface area contributed by atoms with Crippen molar-refractivity contribution >= 4 is 12.0 Å². The number of carbonyl (C=O) groups is 2. The van der Waals surface area contributed by atoms with Crippen molar-refractivity contribution in [2.45, 2.75) is 71.4 Å². The molecule has 1 saturated carbocycles. The van der Waals surface area contributed by atoms with Crippen LogP contribution in [-0.2, 0) is 4.74 Å². The van der Waals surface area contributed by atoms with Crippen molar-refractivity contribution in [2.24, 2.45) is 0 Å². The van der Waals surface area contributed by atoms with Crippen molar-refractivity contribution < 1.29 is 14.3 Å². The summed E-state index contributed by atoms with van der Waals surface area (Å²) in [6.45, 7) is 9.92. The highest BCUT2D eigenvalue weighted by atomic mass is 16.6. The Balaban J connectivity index is 2.03. The molecular formula is C20H30N2O3. The molecule has 0 bridgehead atoms. The highest BCUT2D eigenvalue weighted by molar-refractivity contribution is 5.95. The zero-order chi connectivity index (χ0) is 18.7. The summed E-state index contributed by atoms with van der Waals surface area (Å²) in [6, 6.07) is 5.72. The Bertz CT molecular complexity index is 641. The van der Waals surface area contributed by atoms with Crippen LogP contribution in [-0.4, -0.2) is 29.7 Å². The third-order valence-corrected chi connectivity index (χ3v) is 4.68. The van der Waals surface area contributed by atoms with E-state index in [9.17, 15) is 9.59 Å². The number of aryl methyl sites for hydroxylation is 2. The second-order valence-electron chi connectivity index (χ2n) is 8.10. The zero-order valence-electron chi connectivity index (χ0n) is 16.0. The Morgan fingerprint density at radius 2 is 1.76 bits per heavy atom. The minimum atomic E-state index is -0.532. The Morgan fingerprint density at radius 3 is 2.32 bits per heavy atom. The standard InChI is InChI=1S/C20H30N2O3/c1-14-8-9-16(12-15(14)2)17(23)22-20(10-6-7-11-20)13-21-18(24)25-19(3,4)5/h8-9,12H,6-7,10-11,13H2,1-5H3,(H,21,24)(H,22,23). The van der Waals surface area contributed by atoms with Gasteiger partial charge in [-0.3, -0.25) is 4.79 Å². The van der Waals surface area contributed by atoms with Gasteiger partial charge in [-0.1, -0.05) is 18.9 Å². The van der Waals surface area contributed by atoms with Crippen LogP contribution < -0.4 is 10.6 Å². The smallest absolute Gasteiger partial charge is 0.407 e. The van der Waals surface area contributed by atoms with Crippen LogP contribution in [0.15, 0.2) is 18.2 Å². The summed E-state index contributed by atoms with van der Waals surface area (Å²) in [5, 5.41) is 5.99. The average molecular weight is 346 g/mol. The van der Waals surface area contributed by atoms with Crippen LogP contribution in [0.4, 0.5) is 4.79 Å². The molecule has 2 rings (SSSR count). The molecule has 25 heavy (non-hydrogen) atoms. The molecule has 0 radical (unpaired) electrons. The molecule has 1 aliphatic rings. The largest absolute Gasteiger partial charge is 0.444 e. The molecule has 1 fully saturated rings. The predicted molar refractivity (Wildman–Crippen MR) is 98.8 cm³/mol. The summed E-state index contributed by atoms with van der Waals surface area (Å²) in [4.78, 5) is 24.6. The first-order valence-corrected chi connectivity index (χ1v) is 8.97. The fourth-order valence-electron chi connectivity index (χ4n) is 3.15. The molecule has 0 aromatic heterocycles. The normalized spacial score (nSPS) is 16.4. The van der Waals surface area contributed by atoms with Crippen molar-refractivity contribution in [3.8, 4) is 0 Å². The first kappa shape index (κ1) is 19.3. The Labute approximate surface area is 150 Å². The molecule has 1 aromatic carbocycles. The number of hydrogen-bond acceptors (Lipinski definition) is 3. The van der Waals surface area contributed by atoms with E-state index in [1.807, 2.05) is 52.8 Å². The molecule has 0 heterocycles. The van der Waals surface area contributed by atoms with Gasteiger partial charge in [0.1, 0.15) is 5.60 Å². The van der Waals surface area contributed by atoms with E-state index in [1.165, 1.54) is 5.56 Å². The molecule has 138 valence electrons. The lowest BCUT2D eigenvalue weighted by molar-refractivity contribution is 0.0505. The van der Waals surface area contributed by atoms with Gasteiger partial charge in [0.15, 0.2) is 0 Å². The maximum Gasteiger partial charge on any atom is 0.407 e. The summed E-state index contributed by atoms with van der Waals surface area (Å²) in [5.74, 6) is -0.0870. The SMILES string of the molecule is Cc1ccc(C(=O)NC2(CNC(=O)OC(C)(C)C)CCCC2)cc1C. The van der Waals surface area contributed by atoms with Gasteiger partial charge in [0, 0.05) is 12.1 Å². The zero-order valence-corrected chi connectivity index (χ0v) is 16.0. The molecule has 0 unspecified atom stereocenters. The van der Waals surface area contributed by atoms with Crippen molar-refractivity contribution in [1.29, 1.82) is 0 Å². The van der Waals surface area contributed by atoms with E-state index in [1.54, 1.807) is 0 Å². The highest BCUT2D eigenvalue weighted by Gasteiger charge is 2.36. The number of rotatable bonds is 4. The lowest BCUT2D eigenvalue weighted by Gasteiger charge is -2.31. The van der Waals surface area contributed by atoms with Crippen molar-refractivity contribution in [2.75, 3.05) is 6.54 Å². The molecule has 0 aliphatic heterocycles. The molecule has 1 aromatic rings. The summed E-state index contributed by atoms with van der Waals surface area (Å²) >= 11 is 0. The van der Waals surface area contributed by atoms with E-state index in [0.29, 0.717) is 12.1 Å². The van der Waals surface area contributed by atoms with Gasteiger partial charge in [-0.05, 0) is 70.7 Å². The molecule has 5 nitrogen and oxygen atoms in total. The first-order valence-electron chi connectivity index (χ1n) is 8.97. The number of alkyl carbamates (subject to hydrolysis) is 1. The number of carbonyl (C=O) groups excluding carboxylic acids is 2. The minimum Gasteiger partial charge on any atom is -0.444 e. The summed E-state index contributed by atoms with van der Waals surface area (Å²) in [6.07, 6.45) is 3.37. The van der Waals surface area contributed by atoms with Crippen LogP contribution in [0.3, 0.4) is 0 Å². The Hall–Kier alpha value is -2.04. The minimum absolute atomic E-state index is 0.0870. The number of ether oxygens (including phenoxy) is 1. The van der Waals surface area contributed by atoms with Crippen molar-refractivity contribution in [3.05, 3.63) is 34.9 Å². The Kier molecular flexibility index (Phi) is 5.76. The lowest BCUT2D eigenvalue weighted by Crippen LogP contribution is -2.54. The molecule has 2 amide bonds. The van der Waals surface area contributed by atoms with Crippen LogP contribution in [0.2, 0.25) is 0 Å². The van der Waals surface area contributed by atoms with E-state index in [0.717, 1.165) is 31.2 Å². The predicted octanol–water partition coefficient (Wildman–Crippen LogP) is 3.87. The maximum atomic E-state index is 12.7. The molecule has 0 atom stereocenters. The van der Waals surface area contributed by atoms with E-state index in [-0.39, 0.29) is 5.91 Å². The van der Waals surface area contributed by atoms with Crippen LogP contribution in [0, 0.1) is 13.8 Å². The second-order valence-corrected chi connectivity index (χ2v) is 8.10. The number of amides is 2. The van der Waals surface area contributed by atoms with E-state index in [2.05, 4.69) is 10.6 Å². The van der Waals surface area contributed by atoms with Crippen LogP contribution in [0.25, 0.3) is 0 Å². The monoisotopic (exact) mass is 346 g/mol. The fourth-order valence-corrected chi connectivity index (χ4v) is 3.15. The molecule has 2 N–H and O–H groups in total. The molecule has 1 aliphatic carbocycles. The third-order valence-electron chi connectivity index (χ3n) is 4.68. The van der Waals surface area contributed by atoms with Crippen LogP contribution >= 0.6 is 0 Å². The van der Waals surface area contributed by atoms with Gasteiger partial charge in [0.2, 0.25) is 0 Å². The van der Waals surface area contributed by atoms with Gasteiger partial charge in [0.25, 0.3) is 5.91 Å². The van der Waals surface area contributed by atoms with E-state index >= 15 is 0 Å².